The zero-order valence-corrected chi connectivity index (χ0v) is 19.5. The van der Waals surface area contributed by atoms with Crippen molar-refractivity contribution in [1.82, 2.24) is 4.57 Å². The fraction of sp³-hybridized carbons (Fsp3) is 0.0303. The van der Waals surface area contributed by atoms with E-state index in [4.69, 9.17) is 0 Å². The van der Waals surface area contributed by atoms with Gasteiger partial charge >= 0.3 is 0 Å². The second kappa shape index (κ2) is 7.75. The average Bonchev–Trinajstić information content (AvgIpc) is 3.26. The summed E-state index contributed by atoms with van der Waals surface area (Å²) in [6.07, 6.45) is 0. The maximum absolute atomic E-state index is 2.41. The molecule has 0 N–H and O–H groups in total. The second-order valence-corrected chi connectivity index (χ2v) is 9.08. The molecule has 0 saturated carbocycles. The van der Waals surface area contributed by atoms with Crippen LogP contribution in [0, 0.1) is 0 Å². The van der Waals surface area contributed by atoms with Crippen LogP contribution in [0.25, 0.3) is 49.0 Å². The lowest BCUT2D eigenvalue weighted by atomic mass is 10.0. The van der Waals surface area contributed by atoms with E-state index in [1.165, 1.54) is 60.4 Å². The van der Waals surface area contributed by atoms with Gasteiger partial charge in [0.05, 0.1) is 16.7 Å². The highest BCUT2D eigenvalue weighted by Gasteiger charge is 2.17. The van der Waals surface area contributed by atoms with Gasteiger partial charge in [-0.25, -0.2) is 0 Å². The SMILES string of the molecule is CN(c1cccc2ccccc12)c1ccc(-n2c3ccccc3c3ccccc32)c2ccccc12. The first kappa shape index (κ1) is 19.9. The molecule has 0 radical (unpaired) electrons. The van der Waals surface area contributed by atoms with Crippen LogP contribution in [0.15, 0.2) is 127 Å². The summed E-state index contributed by atoms with van der Waals surface area (Å²) in [6.45, 7) is 0. The number of benzene rings is 6. The van der Waals surface area contributed by atoms with Crippen molar-refractivity contribution in [3.63, 3.8) is 0 Å². The molecular formula is C33H24N2. The lowest BCUT2D eigenvalue weighted by Gasteiger charge is -2.24. The van der Waals surface area contributed by atoms with Crippen LogP contribution in [0.4, 0.5) is 11.4 Å². The van der Waals surface area contributed by atoms with Gasteiger partial charge in [0, 0.05) is 45.4 Å². The number of hydrogen-bond donors (Lipinski definition) is 0. The van der Waals surface area contributed by atoms with Crippen molar-refractivity contribution in [3.05, 3.63) is 127 Å². The Morgan fingerprint density at radius 3 is 1.66 bits per heavy atom. The summed E-state index contributed by atoms with van der Waals surface area (Å²) in [5.41, 5.74) is 6.07. The molecule has 1 aromatic heterocycles. The molecule has 0 aliphatic rings. The Kier molecular flexibility index (Phi) is 4.40. The van der Waals surface area contributed by atoms with Crippen molar-refractivity contribution in [2.24, 2.45) is 0 Å². The summed E-state index contributed by atoms with van der Waals surface area (Å²) in [6, 6.07) is 45.8. The van der Waals surface area contributed by atoms with Crippen LogP contribution in [-0.2, 0) is 0 Å². The van der Waals surface area contributed by atoms with E-state index >= 15 is 0 Å². The van der Waals surface area contributed by atoms with Crippen LogP contribution in [0.5, 0.6) is 0 Å². The molecular weight excluding hydrogens is 424 g/mol. The van der Waals surface area contributed by atoms with E-state index in [0.29, 0.717) is 0 Å². The molecule has 0 bridgehead atoms. The molecule has 7 rings (SSSR count). The minimum Gasteiger partial charge on any atom is -0.344 e. The maximum Gasteiger partial charge on any atom is 0.0542 e. The molecule has 0 spiro atoms. The molecule has 1 heterocycles. The first-order valence-corrected chi connectivity index (χ1v) is 12.0. The molecule has 166 valence electrons. The highest BCUT2D eigenvalue weighted by atomic mass is 15.1. The second-order valence-electron chi connectivity index (χ2n) is 9.08. The molecule has 0 atom stereocenters. The highest BCUT2D eigenvalue weighted by molar-refractivity contribution is 6.11. The normalized spacial score (nSPS) is 11.6. The van der Waals surface area contributed by atoms with Crippen molar-refractivity contribution < 1.29 is 0 Å². The summed E-state index contributed by atoms with van der Waals surface area (Å²) in [5, 5.41) is 7.55. The van der Waals surface area contributed by atoms with Gasteiger partial charge < -0.3 is 9.47 Å². The fourth-order valence-electron chi connectivity index (χ4n) is 5.57. The molecule has 0 aliphatic carbocycles. The van der Waals surface area contributed by atoms with E-state index < -0.39 is 0 Å². The molecule has 6 aromatic carbocycles. The molecule has 2 heteroatoms. The molecule has 0 saturated heterocycles. The largest absolute Gasteiger partial charge is 0.344 e. The smallest absolute Gasteiger partial charge is 0.0542 e. The van der Waals surface area contributed by atoms with E-state index in [0.717, 1.165) is 0 Å². The molecule has 0 fully saturated rings. The third kappa shape index (κ3) is 2.97. The van der Waals surface area contributed by atoms with Gasteiger partial charge in [0.15, 0.2) is 0 Å². The number of para-hydroxylation sites is 2. The van der Waals surface area contributed by atoms with Gasteiger partial charge in [-0.15, -0.1) is 0 Å². The predicted molar refractivity (Wildman–Crippen MR) is 150 cm³/mol. The third-order valence-corrected chi connectivity index (χ3v) is 7.19. The van der Waals surface area contributed by atoms with Gasteiger partial charge in [0.2, 0.25) is 0 Å². The van der Waals surface area contributed by atoms with E-state index in [-0.39, 0.29) is 0 Å². The third-order valence-electron chi connectivity index (χ3n) is 7.19. The first-order chi connectivity index (χ1) is 17.3. The van der Waals surface area contributed by atoms with Crippen LogP contribution in [0.3, 0.4) is 0 Å². The fourth-order valence-corrected chi connectivity index (χ4v) is 5.57. The Morgan fingerprint density at radius 2 is 0.943 bits per heavy atom. The Labute approximate surface area is 204 Å². The summed E-state index contributed by atoms with van der Waals surface area (Å²) < 4.78 is 2.41. The summed E-state index contributed by atoms with van der Waals surface area (Å²) >= 11 is 0. The number of rotatable bonds is 3. The monoisotopic (exact) mass is 448 g/mol. The maximum atomic E-state index is 2.41. The minimum atomic E-state index is 1.20. The van der Waals surface area contributed by atoms with Crippen molar-refractivity contribution in [1.29, 1.82) is 0 Å². The van der Waals surface area contributed by atoms with Gasteiger partial charge in [0.1, 0.15) is 0 Å². The molecule has 0 aliphatic heterocycles. The number of fused-ring (bicyclic) bond motifs is 5. The molecule has 0 amide bonds. The molecule has 0 unspecified atom stereocenters. The zero-order valence-electron chi connectivity index (χ0n) is 19.5. The Hall–Kier alpha value is -4.56. The minimum absolute atomic E-state index is 1.20. The van der Waals surface area contributed by atoms with Gasteiger partial charge in [-0.1, -0.05) is 97.1 Å². The van der Waals surface area contributed by atoms with E-state index in [9.17, 15) is 0 Å². The van der Waals surface area contributed by atoms with Crippen LogP contribution in [-0.4, -0.2) is 11.6 Å². The Morgan fingerprint density at radius 1 is 0.429 bits per heavy atom. The lowest BCUT2D eigenvalue weighted by Crippen LogP contribution is -2.11. The molecule has 2 nitrogen and oxygen atoms in total. The number of anilines is 2. The topological polar surface area (TPSA) is 8.17 Å². The summed E-state index contributed by atoms with van der Waals surface area (Å²) in [4.78, 5) is 2.32. The first-order valence-electron chi connectivity index (χ1n) is 12.0. The standard InChI is InChI=1S/C33H24N2/c1-34(29-20-10-12-23-11-2-3-13-24(23)29)30-21-22-33(26-15-5-4-14-25(26)30)35-31-18-8-6-16-27(31)28-17-7-9-19-32(28)35/h2-22H,1H3. The molecule has 7 aromatic rings. The van der Waals surface area contributed by atoms with Crippen molar-refractivity contribution in [2.75, 3.05) is 11.9 Å². The predicted octanol–water partition coefficient (Wildman–Crippen LogP) is 8.86. The summed E-state index contributed by atoms with van der Waals surface area (Å²) in [7, 11) is 2.17. The van der Waals surface area contributed by atoms with E-state index in [2.05, 4.69) is 144 Å². The van der Waals surface area contributed by atoms with Crippen LogP contribution >= 0.6 is 0 Å². The zero-order chi connectivity index (χ0) is 23.4. The lowest BCUT2D eigenvalue weighted by molar-refractivity contribution is 1.19. The Bertz CT molecular complexity index is 1820. The van der Waals surface area contributed by atoms with Crippen molar-refractivity contribution in [2.45, 2.75) is 0 Å². The van der Waals surface area contributed by atoms with Gasteiger partial charge in [-0.3, -0.25) is 0 Å². The van der Waals surface area contributed by atoms with Crippen molar-refractivity contribution >= 4 is 54.7 Å². The van der Waals surface area contributed by atoms with Crippen LogP contribution < -0.4 is 4.90 Å². The van der Waals surface area contributed by atoms with Gasteiger partial charge in [-0.05, 0) is 35.7 Å². The Balaban J connectivity index is 1.50. The van der Waals surface area contributed by atoms with E-state index in [1.807, 2.05) is 0 Å². The van der Waals surface area contributed by atoms with Crippen LogP contribution in [0.2, 0.25) is 0 Å². The average molecular weight is 449 g/mol. The van der Waals surface area contributed by atoms with Crippen molar-refractivity contribution in [3.8, 4) is 5.69 Å². The molecule has 35 heavy (non-hydrogen) atoms. The number of hydrogen-bond acceptors (Lipinski definition) is 1. The number of aromatic nitrogens is 1. The highest BCUT2D eigenvalue weighted by Crippen LogP contribution is 2.39. The number of nitrogens with zero attached hydrogens (tertiary/aromatic N) is 2. The summed E-state index contributed by atoms with van der Waals surface area (Å²) in [5.74, 6) is 0. The quantitative estimate of drug-likeness (QED) is 0.262. The van der Waals surface area contributed by atoms with Gasteiger partial charge in [0.25, 0.3) is 0 Å². The van der Waals surface area contributed by atoms with Crippen LogP contribution in [0.1, 0.15) is 0 Å². The van der Waals surface area contributed by atoms with E-state index in [1.54, 1.807) is 0 Å². The van der Waals surface area contributed by atoms with Gasteiger partial charge in [-0.2, -0.15) is 0 Å².